The average Bonchev–Trinajstić information content (AvgIpc) is 2.60. The topological polar surface area (TPSA) is 17.8 Å². The average molecular weight is 300 g/mol. The van der Waals surface area contributed by atoms with E-state index in [1.807, 2.05) is 31.5 Å². The van der Waals surface area contributed by atoms with Gasteiger partial charge in [-0.1, -0.05) is 33.6 Å². The summed E-state index contributed by atoms with van der Waals surface area (Å²) < 4.78 is 2.07. The molecule has 1 aromatic carbocycles. The van der Waals surface area contributed by atoms with Crippen molar-refractivity contribution in [2.75, 3.05) is 0 Å². The van der Waals surface area contributed by atoms with Crippen LogP contribution in [0.3, 0.4) is 0 Å². The van der Waals surface area contributed by atoms with Crippen LogP contribution >= 0.6 is 27.5 Å². The van der Waals surface area contributed by atoms with Gasteiger partial charge in [0.05, 0.1) is 17.7 Å². The molecule has 0 fully saturated rings. The van der Waals surface area contributed by atoms with Crippen molar-refractivity contribution in [1.82, 2.24) is 9.55 Å². The number of hydrogen-bond donors (Lipinski definition) is 0. The van der Waals surface area contributed by atoms with Gasteiger partial charge in [0, 0.05) is 16.0 Å². The predicted molar refractivity (Wildman–Crippen MR) is 70.7 cm³/mol. The smallest absolute Gasteiger partial charge is 0.0997 e. The molecule has 4 heteroatoms. The number of imidazole rings is 1. The van der Waals surface area contributed by atoms with Gasteiger partial charge in [0.2, 0.25) is 0 Å². The number of benzene rings is 1. The molecular formula is C12H12BrClN2. The third kappa shape index (κ3) is 2.02. The maximum atomic E-state index is 6.03. The van der Waals surface area contributed by atoms with Gasteiger partial charge in [-0.3, -0.25) is 0 Å². The summed E-state index contributed by atoms with van der Waals surface area (Å²) in [5.74, 6) is 0. The Balaban J connectivity index is 2.62. The SMILES string of the molecule is Cc1ncn(-c2cc(Cl)ccc2CBr)c1C. The van der Waals surface area contributed by atoms with Crippen LogP contribution in [0.25, 0.3) is 5.69 Å². The second-order valence-electron chi connectivity index (χ2n) is 3.69. The Morgan fingerprint density at radius 3 is 2.69 bits per heavy atom. The molecule has 2 rings (SSSR count). The molecule has 0 bridgehead atoms. The van der Waals surface area contributed by atoms with Crippen LogP contribution in [0.5, 0.6) is 0 Å². The molecule has 0 N–H and O–H groups in total. The normalized spacial score (nSPS) is 10.8. The van der Waals surface area contributed by atoms with E-state index in [2.05, 4.69) is 32.4 Å². The molecule has 1 aromatic heterocycles. The molecule has 0 aliphatic carbocycles. The number of hydrogen-bond acceptors (Lipinski definition) is 1. The minimum atomic E-state index is 0.741. The summed E-state index contributed by atoms with van der Waals surface area (Å²) >= 11 is 9.52. The van der Waals surface area contributed by atoms with Crippen LogP contribution in [0, 0.1) is 13.8 Å². The van der Waals surface area contributed by atoms with Gasteiger partial charge in [0.15, 0.2) is 0 Å². The largest absolute Gasteiger partial charge is 0.303 e. The monoisotopic (exact) mass is 298 g/mol. The molecule has 0 aliphatic rings. The number of halogens is 2. The van der Waals surface area contributed by atoms with E-state index in [-0.39, 0.29) is 0 Å². The first kappa shape index (κ1) is 11.7. The number of aromatic nitrogens is 2. The maximum Gasteiger partial charge on any atom is 0.0997 e. The summed E-state index contributed by atoms with van der Waals surface area (Å²) in [6, 6.07) is 5.90. The van der Waals surface area contributed by atoms with E-state index in [0.29, 0.717) is 0 Å². The summed E-state index contributed by atoms with van der Waals surface area (Å²) in [6.45, 7) is 4.06. The fourth-order valence-corrected chi connectivity index (χ4v) is 2.26. The van der Waals surface area contributed by atoms with Gasteiger partial charge in [-0.05, 0) is 31.5 Å². The van der Waals surface area contributed by atoms with Crippen molar-refractivity contribution >= 4 is 27.5 Å². The van der Waals surface area contributed by atoms with Gasteiger partial charge in [0.1, 0.15) is 0 Å². The van der Waals surface area contributed by atoms with E-state index in [4.69, 9.17) is 11.6 Å². The van der Waals surface area contributed by atoms with Gasteiger partial charge < -0.3 is 4.57 Å². The first-order valence-electron chi connectivity index (χ1n) is 4.99. The van der Waals surface area contributed by atoms with Crippen LogP contribution in [-0.2, 0) is 5.33 Å². The van der Waals surface area contributed by atoms with Crippen molar-refractivity contribution in [3.8, 4) is 5.69 Å². The Morgan fingerprint density at radius 2 is 2.12 bits per heavy atom. The molecule has 2 nitrogen and oxygen atoms in total. The van der Waals surface area contributed by atoms with Gasteiger partial charge in [-0.2, -0.15) is 0 Å². The Bertz CT molecular complexity index is 520. The van der Waals surface area contributed by atoms with E-state index in [9.17, 15) is 0 Å². The zero-order valence-electron chi connectivity index (χ0n) is 9.17. The van der Waals surface area contributed by atoms with Gasteiger partial charge in [-0.15, -0.1) is 0 Å². The predicted octanol–water partition coefficient (Wildman–Crippen LogP) is 4.04. The van der Waals surface area contributed by atoms with Gasteiger partial charge in [-0.25, -0.2) is 4.98 Å². The highest BCUT2D eigenvalue weighted by Crippen LogP contribution is 2.24. The second-order valence-corrected chi connectivity index (χ2v) is 4.69. The zero-order chi connectivity index (χ0) is 11.7. The van der Waals surface area contributed by atoms with Crippen LogP contribution in [0.1, 0.15) is 17.0 Å². The minimum absolute atomic E-state index is 0.741. The zero-order valence-corrected chi connectivity index (χ0v) is 11.5. The summed E-state index contributed by atoms with van der Waals surface area (Å²) in [5.41, 5.74) is 4.47. The molecule has 1 heterocycles. The van der Waals surface area contributed by atoms with Crippen LogP contribution < -0.4 is 0 Å². The number of nitrogens with zero attached hydrogens (tertiary/aromatic N) is 2. The van der Waals surface area contributed by atoms with Crippen molar-refractivity contribution in [3.63, 3.8) is 0 Å². The van der Waals surface area contributed by atoms with E-state index >= 15 is 0 Å². The van der Waals surface area contributed by atoms with Crippen LogP contribution in [-0.4, -0.2) is 9.55 Å². The van der Waals surface area contributed by atoms with Gasteiger partial charge >= 0.3 is 0 Å². The summed E-state index contributed by atoms with van der Waals surface area (Å²) in [5, 5.41) is 1.54. The van der Waals surface area contributed by atoms with Crippen LogP contribution in [0.2, 0.25) is 5.02 Å². The van der Waals surface area contributed by atoms with Crippen molar-refractivity contribution in [1.29, 1.82) is 0 Å². The second kappa shape index (κ2) is 4.60. The minimum Gasteiger partial charge on any atom is -0.303 e. The quantitative estimate of drug-likeness (QED) is 0.765. The van der Waals surface area contributed by atoms with Crippen molar-refractivity contribution in [2.45, 2.75) is 19.2 Å². The maximum absolute atomic E-state index is 6.03. The summed E-state index contributed by atoms with van der Waals surface area (Å²) in [4.78, 5) is 4.30. The number of alkyl halides is 1. The molecule has 0 amide bonds. The molecule has 0 saturated heterocycles. The van der Waals surface area contributed by atoms with E-state index < -0.39 is 0 Å². The Labute approximate surface area is 108 Å². The molecule has 84 valence electrons. The fraction of sp³-hybridized carbons (Fsp3) is 0.250. The third-order valence-corrected chi connectivity index (χ3v) is 3.54. The standard InChI is InChI=1S/C12H12BrClN2/c1-8-9(2)16(7-15-8)12-5-11(14)4-3-10(12)6-13/h3-5,7H,6H2,1-2H3. The highest BCUT2D eigenvalue weighted by atomic mass is 79.9. The van der Waals surface area contributed by atoms with Crippen LogP contribution in [0.15, 0.2) is 24.5 Å². The third-order valence-electron chi connectivity index (χ3n) is 2.70. The first-order chi connectivity index (χ1) is 7.63. The number of aryl methyl sites for hydroxylation is 1. The Kier molecular flexibility index (Phi) is 3.36. The number of rotatable bonds is 2. The molecule has 0 unspecified atom stereocenters. The Morgan fingerprint density at radius 1 is 1.38 bits per heavy atom. The summed E-state index contributed by atoms with van der Waals surface area (Å²) in [6.07, 6.45) is 1.84. The molecule has 0 saturated carbocycles. The van der Waals surface area contributed by atoms with E-state index in [1.54, 1.807) is 0 Å². The molecule has 0 radical (unpaired) electrons. The highest BCUT2D eigenvalue weighted by Gasteiger charge is 2.08. The molecule has 0 atom stereocenters. The van der Waals surface area contributed by atoms with Gasteiger partial charge in [0.25, 0.3) is 0 Å². The first-order valence-corrected chi connectivity index (χ1v) is 6.48. The molecule has 0 spiro atoms. The van der Waals surface area contributed by atoms with Crippen molar-refractivity contribution in [2.24, 2.45) is 0 Å². The highest BCUT2D eigenvalue weighted by molar-refractivity contribution is 9.08. The lowest BCUT2D eigenvalue weighted by molar-refractivity contribution is 0.986. The molecule has 0 aliphatic heterocycles. The fourth-order valence-electron chi connectivity index (χ4n) is 1.62. The van der Waals surface area contributed by atoms with E-state index in [0.717, 1.165) is 27.4 Å². The Hall–Kier alpha value is -0.800. The molecule has 16 heavy (non-hydrogen) atoms. The van der Waals surface area contributed by atoms with Crippen molar-refractivity contribution in [3.05, 3.63) is 46.5 Å². The van der Waals surface area contributed by atoms with Crippen LogP contribution in [0.4, 0.5) is 0 Å². The summed E-state index contributed by atoms with van der Waals surface area (Å²) in [7, 11) is 0. The molecular weight excluding hydrogens is 288 g/mol. The lowest BCUT2D eigenvalue weighted by Gasteiger charge is -2.10. The molecule has 2 aromatic rings. The lowest BCUT2D eigenvalue weighted by atomic mass is 10.2. The van der Waals surface area contributed by atoms with E-state index in [1.165, 1.54) is 5.56 Å². The van der Waals surface area contributed by atoms with Crippen molar-refractivity contribution < 1.29 is 0 Å². The lowest BCUT2D eigenvalue weighted by Crippen LogP contribution is -1.99.